The zero-order valence-corrected chi connectivity index (χ0v) is 10.3. The molecule has 0 aliphatic carbocycles. The first-order valence-corrected chi connectivity index (χ1v) is 5.57. The smallest absolute Gasteiger partial charge is 0.262 e. The number of nitrogens with one attached hydrogen (secondary N) is 2. The van der Waals surface area contributed by atoms with Gasteiger partial charge in [0.15, 0.2) is 11.2 Å². The predicted molar refractivity (Wildman–Crippen MR) is 69.0 cm³/mol. The van der Waals surface area contributed by atoms with Gasteiger partial charge in [-0.25, -0.2) is 4.98 Å². The Morgan fingerprint density at radius 3 is 2.94 bits per heavy atom. The third-order valence-electron chi connectivity index (χ3n) is 2.29. The second kappa shape index (κ2) is 5.01. The monoisotopic (exact) mass is 263 g/mol. The highest BCUT2D eigenvalue weighted by Crippen LogP contribution is 2.17. The molecule has 2 heterocycles. The molecule has 0 bridgehead atoms. The van der Waals surface area contributed by atoms with Crippen LogP contribution in [0.2, 0.25) is 5.02 Å². The molecule has 0 saturated carbocycles. The van der Waals surface area contributed by atoms with Crippen LogP contribution in [0.5, 0.6) is 0 Å². The van der Waals surface area contributed by atoms with E-state index in [1.165, 1.54) is 18.5 Å². The number of carbonyl (C=O) groups is 1. The molecule has 0 atom stereocenters. The highest BCUT2D eigenvalue weighted by Gasteiger charge is 2.12. The van der Waals surface area contributed by atoms with Crippen LogP contribution in [0.4, 0.5) is 5.82 Å². The van der Waals surface area contributed by atoms with Gasteiger partial charge in [0.2, 0.25) is 0 Å². The van der Waals surface area contributed by atoms with Gasteiger partial charge in [0.1, 0.15) is 5.56 Å². The molecule has 0 aliphatic rings. The van der Waals surface area contributed by atoms with Gasteiger partial charge >= 0.3 is 0 Å². The number of nitrogens with zero attached hydrogens (tertiary/aromatic N) is 1. The molecule has 1 amide bonds. The SMILES string of the molecule is Cc1cc(=O)c(C(=O)Nc2ncccc2Cl)c[nH]1. The Morgan fingerprint density at radius 2 is 2.28 bits per heavy atom. The average molecular weight is 264 g/mol. The van der Waals surface area contributed by atoms with Crippen LogP contribution in [0, 0.1) is 6.92 Å². The van der Waals surface area contributed by atoms with Crippen molar-refractivity contribution < 1.29 is 4.79 Å². The first kappa shape index (κ1) is 12.3. The maximum Gasteiger partial charge on any atom is 0.262 e. The third-order valence-corrected chi connectivity index (χ3v) is 2.60. The molecule has 2 N–H and O–H groups in total. The summed E-state index contributed by atoms with van der Waals surface area (Å²) in [6.07, 6.45) is 2.87. The van der Waals surface area contributed by atoms with E-state index in [9.17, 15) is 9.59 Å². The van der Waals surface area contributed by atoms with Crippen LogP contribution >= 0.6 is 11.6 Å². The van der Waals surface area contributed by atoms with Crippen molar-refractivity contribution in [3.8, 4) is 0 Å². The number of hydrogen-bond donors (Lipinski definition) is 2. The Balaban J connectivity index is 2.28. The number of H-pyrrole nitrogens is 1. The summed E-state index contributed by atoms with van der Waals surface area (Å²) >= 11 is 5.86. The Bertz CT molecular complexity index is 652. The molecule has 0 radical (unpaired) electrons. The summed E-state index contributed by atoms with van der Waals surface area (Å²) in [5.41, 5.74) is 0.352. The van der Waals surface area contributed by atoms with Crippen molar-refractivity contribution in [2.24, 2.45) is 0 Å². The Labute approximate surface area is 108 Å². The van der Waals surface area contributed by atoms with Crippen LogP contribution in [-0.2, 0) is 0 Å². The molecular weight excluding hydrogens is 254 g/mol. The molecule has 2 aromatic rings. The maximum atomic E-state index is 11.9. The number of rotatable bonds is 2. The van der Waals surface area contributed by atoms with Crippen molar-refractivity contribution in [3.05, 3.63) is 57.1 Å². The van der Waals surface area contributed by atoms with E-state index >= 15 is 0 Å². The van der Waals surface area contributed by atoms with Gasteiger partial charge in [-0.3, -0.25) is 9.59 Å². The Hall–Kier alpha value is -2.14. The molecule has 0 fully saturated rings. The van der Waals surface area contributed by atoms with Crippen LogP contribution in [0.1, 0.15) is 16.1 Å². The summed E-state index contributed by atoms with van der Waals surface area (Å²) in [7, 11) is 0. The third kappa shape index (κ3) is 2.57. The first-order chi connectivity index (χ1) is 8.58. The predicted octanol–water partition coefficient (Wildman–Crippen LogP) is 1.98. The van der Waals surface area contributed by atoms with Gasteiger partial charge < -0.3 is 10.3 Å². The topological polar surface area (TPSA) is 74.8 Å². The lowest BCUT2D eigenvalue weighted by molar-refractivity contribution is 0.102. The van der Waals surface area contributed by atoms with Crippen LogP contribution in [0.3, 0.4) is 0 Å². The minimum absolute atomic E-state index is 0.0160. The number of amides is 1. The van der Waals surface area contributed by atoms with E-state index in [2.05, 4.69) is 15.3 Å². The van der Waals surface area contributed by atoms with Gasteiger partial charge in [-0.1, -0.05) is 11.6 Å². The molecule has 0 aliphatic heterocycles. The summed E-state index contributed by atoms with van der Waals surface area (Å²) in [6, 6.07) is 4.61. The fourth-order valence-electron chi connectivity index (χ4n) is 1.40. The van der Waals surface area contributed by atoms with Gasteiger partial charge in [-0.15, -0.1) is 0 Å². The summed E-state index contributed by atoms with van der Waals surface area (Å²) in [6.45, 7) is 1.73. The Kier molecular flexibility index (Phi) is 3.43. The minimum atomic E-state index is -0.545. The van der Waals surface area contributed by atoms with Crippen molar-refractivity contribution in [2.45, 2.75) is 6.92 Å². The number of carbonyl (C=O) groups excluding carboxylic acids is 1. The number of aromatic nitrogens is 2. The van der Waals surface area contributed by atoms with E-state index in [4.69, 9.17) is 11.6 Å². The van der Waals surface area contributed by atoms with Crippen molar-refractivity contribution in [1.29, 1.82) is 0 Å². The lowest BCUT2D eigenvalue weighted by Gasteiger charge is -2.05. The van der Waals surface area contributed by atoms with Crippen LogP contribution < -0.4 is 10.7 Å². The Morgan fingerprint density at radius 1 is 1.50 bits per heavy atom. The molecule has 6 heteroatoms. The van der Waals surface area contributed by atoms with Gasteiger partial charge in [0.05, 0.1) is 5.02 Å². The molecule has 2 rings (SSSR count). The van der Waals surface area contributed by atoms with E-state index in [-0.39, 0.29) is 16.8 Å². The molecular formula is C12H10ClN3O2. The second-order valence-corrected chi connectivity index (χ2v) is 4.09. The van der Waals surface area contributed by atoms with E-state index in [0.29, 0.717) is 10.7 Å². The fourth-order valence-corrected chi connectivity index (χ4v) is 1.57. The summed E-state index contributed by atoms with van der Waals surface area (Å²) in [5, 5.41) is 2.80. The van der Waals surface area contributed by atoms with Crippen molar-refractivity contribution >= 4 is 23.3 Å². The van der Waals surface area contributed by atoms with Crippen molar-refractivity contribution in [3.63, 3.8) is 0 Å². The van der Waals surface area contributed by atoms with Gasteiger partial charge in [0.25, 0.3) is 5.91 Å². The van der Waals surface area contributed by atoms with Gasteiger partial charge in [-0.05, 0) is 19.1 Å². The highest BCUT2D eigenvalue weighted by molar-refractivity contribution is 6.33. The van der Waals surface area contributed by atoms with Crippen LogP contribution in [0.15, 0.2) is 35.4 Å². The number of anilines is 1. The summed E-state index contributed by atoms with van der Waals surface area (Å²) < 4.78 is 0. The average Bonchev–Trinajstić information content (AvgIpc) is 2.32. The summed E-state index contributed by atoms with van der Waals surface area (Å²) in [5.74, 6) is -0.319. The lowest BCUT2D eigenvalue weighted by atomic mass is 10.2. The summed E-state index contributed by atoms with van der Waals surface area (Å²) in [4.78, 5) is 30.2. The molecule has 5 nitrogen and oxygen atoms in total. The van der Waals surface area contributed by atoms with Crippen LogP contribution in [-0.4, -0.2) is 15.9 Å². The van der Waals surface area contributed by atoms with Crippen molar-refractivity contribution in [2.75, 3.05) is 5.32 Å². The molecule has 0 unspecified atom stereocenters. The zero-order chi connectivity index (χ0) is 13.1. The van der Waals surface area contributed by atoms with E-state index in [0.717, 1.165) is 0 Å². The molecule has 2 aromatic heterocycles. The maximum absolute atomic E-state index is 11.9. The lowest BCUT2D eigenvalue weighted by Crippen LogP contribution is -2.22. The van der Waals surface area contributed by atoms with E-state index in [1.807, 2.05) is 0 Å². The van der Waals surface area contributed by atoms with Crippen LogP contribution in [0.25, 0.3) is 0 Å². The number of hydrogen-bond acceptors (Lipinski definition) is 3. The molecule has 0 aromatic carbocycles. The zero-order valence-electron chi connectivity index (χ0n) is 9.53. The van der Waals surface area contributed by atoms with Crippen molar-refractivity contribution in [1.82, 2.24) is 9.97 Å². The molecule has 18 heavy (non-hydrogen) atoms. The second-order valence-electron chi connectivity index (χ2n) is 3.68. The fraction of sp³-hybridized carbons (Fsp3) is 0.0833. The van der Waals surface area contributed by atoms with Gasteiger partial charge in [-0.2, -0.15) is 0 Å². The van der Waals surface area contributed by atoms with E-state index < -0.39 is 5.91 Å². The normalized spacial score (nSPS) is 10.1. The number of aromatic amines is 1. The molecule has 92 valence electrons. The quantitative estimate of drug-likeness (QED) is 0.870. The largest absolute Gasteiger partial charge is 0.364 e. The highest BCUT2D eigenvalue weighted by atomic mass is 35.5. The first-order valence-electron chi connectivity index (χ1n) is 5.19. The number of halogens is 1. The van der Waals surface area contributed by atoms with Gasteiger partial charge in [0, 0.05) is 24.2 Å². The molecule has 0 spiro atoms. The van der Waals surface area contributed by atoms with E-state index in [1.54, 1.807) is 19.1 Å². The minimum Gasteiger partial charge on any atom is -0.364 e. The standard InChI is InChI=1S/C12H10ClN3O2/c1-7-5-10(17)8(6-15-7)12(18)16-11-9(13)3-2-4-14-11/h2-6H,1H3,(H,15,17)(H,14,16,18). The molecule has 0 saturated heterocycles. The number of pyridine rings is 2. The number of aryl methyl sites for hydroxylation is 1.